The monoisotopic (exact) mass is 289 g/mol. The van der Waals surface area contributed by atoms with Gasteiger partial charge in [0.1, 0.15) is 5.75 Å². The average Bonchev–Trinajstić information content (AvgIpc) is 2.19. The molecular formula is C11H16BrNOS. The molecule has 1 rings (SSSR count). The number of ether oxygens (including phenoxy) is 1. The second kappa shape index (κ2) is 5.77. The summed E-state index contributed by atoms with van der Waals surface area (Å²) in [5.41, 5.74) is 6.97. The molecule has 0 saturated heterocycles. The third-order valence-electron chi connectivity index (χ3n) is 2.10. The van der Waals surface area contributed by atoms with Gasteiger partial charge in [-0.3, -0.25) is 0 Å². The molecular weight excluding hydrogens is 274 g/mol. The second-order valence-corrected chi connectivity index (χ2v) is 5.18. The van der Waals surface area contributed by atoms with Gasteiger partial charge >= 0.3 is 0 Å². The lowest BCUT2D eigenvalue weighted by atomic mass is 10.1. The van der Waals surface area contributed by atoms with Crippen LogP contribution >= 0.6 is 27.7 Å². The molecule has 0 amide bonds. The Balaban J connectivity index is 3.10. The van der Waals surface area contributed by atoms with Crippen molar-refractivity contribution < 1.29 is 4.74 Å². The van der Waals surface area contributed by atoms with Crippen LogP contribution in [0.15, 0.2) is 21.5 Å². The van der Waals surface area contributed by atoms with Gasteiger partial charge in [0.15, 0.2) is 0 Å². The summed E-state index contributed by atoms with van der Waals surface area (Å²) in [6, 6.07) is 4.29. The summed E-state index contributed by atoms with van der Waals surface area (Å²) in [5, 5.41) is 0. The highest BCUT2D eigenvalue weighted by Gasteiger charge is 2.09. The van der Waals surface area contributed by atoms with E-state index in [9.17, 15) is 0 Å². The molecule has 1 unspecified atom stereocenters. The van der Waals surface area contributed by atoms with Gasteiger partial charge in [0.25, 0.3) is 0 Å². The third kappa shape index (κ3) is 3.40. The van der Waals surface area contributed by atoms with Crippen LogP contribution in [0.3, 0.4) is 0 Å². The van der Waals surface area contributed by atoms with Gasteiger partial charge in [0, 0.05) is 15.4 Å². The molecule has 4 heteroatoms. The van der Waals surface area contributed by atoms with Crippen molar-refractivity contribution >= 4 is 27.7 Å². The van der Waals surface area contributed by atoms with Crippen LogP contribution in [0.25, 0.3) is 0 Å². The van der Waals surface area contributed by atoms with Crippen LogP contribution in [-0.4, -0.2) is 19.4 Å². The van der Waals surface area contributed by atoms with Gasteiger partial charge in [0.05, 0.1) is 7.11 Å². The topological polar surface area (TPSA) is 35.2 Å². The fraction of sp³-hybridized carbons (Fsp3) is 0.455. The van der Waals surface area contributed by atoms with Crippen molar-refractivity contribution in [1.29, 1.82) is 0 Å². The molecule has 2 nitrogen and oxygen atoms in total. The van der Waals surface area contributed by atoms with Crippen molar-refractivity contribution in [3.05, 3.63) is 22.2 Å². The molecule has 0 saturated carbocycles. The first-order chi connectivity index (χ1) is 7.08. The Morgan fingerprint density at radius 3 is 2.67 bits per heavy atom. The highest BCUT2D eigenvalue weighted by atomic mass is 79.9. The lowest BCUT2D eigenvalue weighted by Gasteiger charge is -2.13. The molecule has 1 aromatic carbocycles. The Kier molecular flexibility index (Phi) is 4.96. The lowest BCUT2D eigenvalue weighted by Crippen LogP contribution is -2.18. The maximum absolute atomic E-state index is 5.80. The molecule has 0 spiro atoms. The van der Waals surface area contributed by atoms with Gasteiger partial charge in [0.2, 0.25) is 0 Å². The molecule has 0 radical (unpaired) electrons. The van der Waals surface area contributed by atoms with Crippen LogP contribution < -0.4 is 10.5 Å². The zero-order valence-corrected chi connectivity index (χ0v) is 11.6. The van der Waals surface area contributed by atoms with Crippen LogP contribution in [-0.2, 0) is 6.42 Å². The van der Waals surface area contributed by atoms with E-state index in [-0.39, 0.29) is 6.04 Å². The van der Waals surface area contributed by atoms with Crippen LogP contribution in [0.1, 0.15) is 12.5 Å². The van der Waals surface area contributed by atoms with Gasteiger partial charge in [-0.1, -0.05) is 0 Å². The van der Waals surface area contributed by atoms with E-state index in [0.717, 1.165) is 16.6 Å². The number of benzene rings is 1. The largest absolute Gasteiger partial charge is 0.496 e. The van der Waals surface area contributed by atoms with E-state index < -0.39 is 0 Å². The summed E-state index contributed by atoms with van der Waals surface area (Å²) in [5.74, 6) is 0.900. The predicted molar refractivity (Wildman–Crippen MR) is 69.8 cm³/mol. The minimum Gasteiger partial charge on any atom is -0.496 e. The standard InChI is InChI=1S/C11H16BrNOS/c1-7(13)4-8-5-11(15-3)9(12)6-10(8)14-2/h5-7H,4,13H2,1-3H3. The summed E-state index contributed by atoms with van der Waals surface area (Å²) in [7, 11) is 1.69. The van der Waals surface area contributed by atoms with Gasteiger partial charge in [-0.05, 0) is 53.2 Å². The van der Waals surface area contributed by atoms with E-state index in [1.54, 1.807) is 18.9 Å². The van der Waals surface area contributed by atoms with Crippen LogP contribution in [0.5, 0.6) is 5.75 Å². The minimum atomic E-state index is 0.148. The van der Waals surface area contributed by atoms with Gasteiger partial charge in [-0.15, -0.1) is 11.8 Å². The molecule has 84 valence electrons. The van der Waals surface area contributed by atoms with Gasteiger partial charge < -0.3 is 10.5 Å². The van der Waals surface area contributed by atoms with E-state index >= 15 is 0 Å². The van der Waals surface area contributed by atoms with E-state index in [0.29, 0.717) is 0 Å². The maximum Gasteiger partial charge on any atom is 0.123 e. The van der Waals surface area contributed by atoms with Crippen molar-refractivity contribution in [3.8, 4) is 5.75 Å². The summed E-state index contributed by atoms with van der Waals surface area (Å²) in [6.07, 6.45) is 2.90. The molecule has 0 aromatic heterocycles. The van der Waals surface area contributed by atoms with Crippen molar-refractivity contribution in [2.24, 2.45) is 5.73 Å². The van der Waals surface area contributed by atoms with E-state index in [1.807, 2.05) is 13.0 Å². The van der Waals surface area contributed by atoms with E-state index in [4.69, 9.17) is 10.5 Å². The number of nitrogens with two attached hydrogens (primary N) is 1. The first kappa shape index (κ1) is 12.9. The third-order valence-corrected chi connectivity index (χ3v) is 3.79. The molecule has 2 N–H and O–H groups in total. The summed E-state index contributed by atoms with van der Waals surface area (Å²) >= 11 is 5.23. The first-order valence-electron chi connectivity index (χ1n) is 4.74. The molecule has 0 bridgehead atoms. The number of rotatable bonds is 4. The summed E-state index contributed by atoms with van der Waals surface area (Å²) < 4.78 is 6.40. The number of methoxy groups -OCH3 is 1. The fourth-order valence-corrected chi connectivity index (χ4v) is 2.75. The van der Waals surface area contributed by atoms with Crippen LogP contribution in [0.2, 0.25) is 0 Å². The van der Waals surface area contributed by atoms with Gasteiger partial charge in [-0.25, -0.2) is 0 Å². The lowest BCUT2D eigenvalue weighted by molar-refractivity contribution is 0.407. The van der Waals surface area contributed by atoms with E-state index in [1.165, 1.54) is 10.5 Å². The maximum atomic E-state index is 5.80. The summed E-state index contributed by atoms with van der Waals surface area (Å²) in [4.78, 5) is 1.21. The van der Waals surface area contributed by atoms with E-state index in [2.05, 4.69) is 28.3 Å². The van der Waals surface area contributed by atoms with Crippen molar-refractivity contribution in [1.82, 2.24) is 0 Å². The molecule has 1 aromatic rings. The van der Waals surface area contributed by atoms with Crippen LogP contribution in [0.4, 0.5) is 0 Å². The highest BCUT2D eigenvalue weighted by molar-refractivity contribution is 9.10. The Bertz CT molecular complexity index is 342. The zero-order chi connectivity index (χ0) is 11.4. The number of thioether (sulfide) groups is 1. The number of halogens is 1. The van der Waals surface area contributed by atoms with Crippen LogP contribution in [0, 0.1) is 0 Å². The second-order valence-electron chi connectivity index (χ2n) is 3.48. The first-order valence-corrected chi connectivity index (χ1v) is 6.76. The number of hydrogen-bond donors (Lipinski definition) is 1. The molecule has 0 fully saturated rings. The normalized spacial score (nSPS) is 12.6. The molecule has 0 aliphatic heterocycles. The van der Waals surface area contributed by atoms with Crippen molar-refractivity contribution in [3.63, 3.8) is 0 Å². The fourth-order valence-electron chi connectivity index (χ4n) is 1.43. The average molecular weight is 290 g/mol. The quantitative estimate of drug-likeness (QED) is 0.866. The van der Waals surface area contributed by atoms with Gasteiger partial charge in [-0.2, -0.15) is 0 Å². The molecule has 0 aliphatic rings. The Hall–Kier alpha value is -0.190. The molecule has 0 aliphatic carbocycles. The number of hydrogen-bond acceptors (Lipinski definition) is 3. The smallest absolute Gasteiger partial charge is 0.123 e. The Morgan fingerprint density at radius 1 is 1.53 bits per heavy atom. The Labute approximate surface area is 104 Å². The molecule has 1 atom stereocenters. The van der Waals surface area contributed by atoms with Crippen molar-refractivity contribution in [2.75, 3.05) is 13.4 Å². The summed E-state index contributed by atoms with van der Waals surface area (Å²) in [6.45, 7) is 2.00. The highest BCUT2D eigenvalue weighted by Crippen LogP contribution is 2.33. The zero-order valence-electron chi connectivity index (χ0n) is 9.21. The molecule has 15 heavy (non-hydrogen) atoms. The SMILES string of the molecule is COc1cc(Br)c(SC)cc1CC(C)N. The minimum absolute atomic E-state index is 0.148. The van der Waals surface area contributed by atoms with Crippen molar-refractivity contribution in [2.45, 2.75) is 24.3 Å². The molecule has 0 heterocycles. The Morgan fingerprint density at radius 2 is 2.20 bits per heavy atom. The predicted octanol–water partition coefficient (Wildman–Crippen LogP) is 3.07.